The van der Waals surface area contributed by atoms with Crippen LogP contribution in [-0.2, 0) is 30.3 Å². The third-order valence-corrected chi connectivity index (χ3v) is 5.06. The third-order valence-electron chi connectivity index (χ3n) is 5.06. The first-order valence-corrected chi connectivity index (χ1v) is 11.2. The van der Waals surface area contributed by atoms with Gasteiger partial charge in [0, 0.05) is 6.92 Å². The van der Waals surface area contributed by atoms with E-state index in [1.165, 1.54) is 6.92 Å². The number of fused-ring (bicyclic) bond motifs is 1. The number of hydrogen-bond donors (Lipinski definition) is 1. The highest BCUT2D eigenvalue weighted by Crippen LogP contribution is 2.22. The summed E-state index contributed by atoms with van der Waals surface area (Å²) in [5.74, 6) is -1.85. The lowest BCUT2D eigenvalue weighted by Crippen LogP contribution is -2.47. The van der Waals surface area contributed by atoms with Gasteiger partial charge in [-0.15, -0.1) is 0 Å². The van der Waals surface area contributed by atoms with E-state index in [0.717, 1.165) is 29.2 Å². The SMILES string of the molecule is CCCC[C@H](NC(=O)[C@H](COC(C)=O)Cc1cccc2ccccc12)C(=O)OC(C)(C)C. The molecule has 6 heteroatoms. The maximum atomic E-state index is 13.2. The fraction of sp³-hybridized carbons (Fsp3) is 0.500. The largest absolute Gasteiger partial charge is 0.465 e. The van der Waals surface area contributed by atoms with E-state index >= 15 is 0 Å². The van der Waals surface area contributed by atoms with Crippen molar-refractivity contribution in [2.45, 2.75) is 71.9 Å². The monoisotopic (exact) mass is 441 g/mol. The zero-order valence-electron chi connectivity index (χ0n) is 19.8. The number of carbonyl (C=O) groups excluding carboxylic acids is 3. The fourth-order valence-corrected chi connectivity index (χ4v) is 3.50. The number of ether oxygens (including phenoxy) is 2. The zero-order chi connectivity index (χ0) is 23.7. The summed E-state index contributed by atoms with van der Waals surface area (Å²) in [6, 6.07) is 13.1. The molecule has 0 bridgehead atoms. The molecule has 0 fully saturated rings. The molecule has 0 aliphatic rings. The van der Waals surface area contributed by atoms with Gasteiger partial charge < -0.3 is 14.8 Å². The molecule has 0 aliphatic heterocycles. The number of benzene rings is 2. The fourth-order valence-electron chi connectivity index (χ4n) is 3.50. The number of esters is 2. The van der Waals surface area contributed by atoms with Gasteiger partial charge in [0.25, 0.3) is 0 Å². The van der Waals surface area contributed by atoms with E-state index in [0.29, 0.717) is 12.8 Å². The molecule has 0 saturated carbocycles. The molecule has 0 radical (unpaired) electrons. The van der Waals surface area contributed by atoms with E-state index in [2.05, 4.69) is 5.32 Å². The lowest BCUT2D eigenvalue weighted by Gasteiger charge is -2.26. The van der Waals surface area contributed by atoms with Crippen LogP contribution in [-0.4, -0.2) is 36.1 Å². The normalized spacial score (nSPS) is 13.3. The van der Waals surface area contributed by atoms with E-state index in [-0.39, 0.29) is 12.5 Å². The molecule has 0 aliphatic carbocycles. The second-order valence-corrected chi connectivity index (χ2v) is 9.08. The van der Waals surface area contributed by atoms with Crippen molar-refractivity contribution in [1.82, 2.24) is 5.32 Å². The Bertz CT molecular complexity index is 926. The van der Waals surface area contributed by atoms with Gasteiger partial charge in [-0.1, -0.05) is 62.2 Å². The number of rotatable bonds is 10. The molecule has 2 aromatic carbocycles. The molecule has 0 unspecified atom stereocenters. The lowest BCUT2D eigenvalue weighted by molar-refractivity contribution is -0.159. The summed E-state index contributed by atoms with van der Waals surface area (Å²) in [6.07, 6.45) is 2.55. The molecular formula is C26H35NO5. The molecule has 1 N–H and O–H groups in total. The summed E-state index contributed by atoms with van der Waals surface area (Å²) in [5, 5.41) is 4.98. The van der Waals surface area contributed by atoms with E-state index in [4.69, 9.17) is 9.47 Å². The highest BCUT2D eigenvalue weighted by atomic mass is 16.6. The van der Waals surface area contributed by atoms with Crippen LogP contribution >= 0.6 is 0 Å². The van der Waals surface area contributed by atoms with Gasteiger partial charge in [0.1, 0.15) is 18.2 Å². The summed E-state index contributed by atoms with van der Waals surface area (Å²) >= 11 is 0. The Morgan fingerprint density at radius 2 is 1.72 bits per heavy atom. The minimum atomic E-state index is -0.742. The molecular weight excluding hydrogens is 406 g/mol. The Labute approximate surface area is 190 Å². The predicted molar refractivity (Wildman–Crippen MR) is 125 cm³/mol. The minimum absolute atomic E-state index is 0.0563. The van der Waals surface area contributed by atoms with Gasteiger partial charge in [-0.25, -0.2) is 4.79 Å². The summed E-state index contributed by atoms with van der Waals surface area (Å²) in [5.41, 5.74) is 0.338. The number of carbonyl (C=O) groups is 3. The second-order valence-electron chi connectivity index (χ2n) is 9.08. The Morgan fingerprint density at radius 3 is 2.38 bits per heavy atom. The summed E-state index contributed by atoms with van der Waals surface area (Å²) in [6.45, 7) is 8.68. The molecule has 0 spiro atoms. The summed E-state index contributed by atoms with van der Waals surface area (Å²) in [7, 11) is 0. The van der Waals surface area contributed by atoms with Crippen molar-refractivity contribution in [3.05, 3.63) is 48.0 Å². The van der Waals surface area contributed by atoms with Gasteiger partial charge >= 0.3 is 11.9 Å². The van der Waals surface area contributed by atoms with E-state index in [1.54, 1.807) is 20.8 Å². The van der Waals surface area contributed by atoms with Crippen LogP contribution in [0.2, 0.25) is 0 Å². The number of nitrogens with one attached hydrogen (secondary N) is 1. The minimum Gasteiger partial charge on any atom is -0.465 e. The zero-order valence-corrected chi connectivity index (χ0v) is 19.8. The molecule has 174 valence electrons. The lowest BCUT2D eigenvalue weighted by atomic mass is 9.94. The van der Waals surface area contributed by atoms with Crippen LogP contribution in [0, 0.1) is 5.92 Å². The molecule has 1 amide bonds. The van der Waals surface area contributed by atoms with Crippen molar-refractivity contribution in [2.24, 2.45) is 5.92 Å². The van der Waals surface area contributed by atoms with Crippen molar-refractivity contribution < 1.29 is 23.9 Å². The quantitative estimate of drug-likeness (QED) is 0.546. The van der Waals surface area contributed by atoms with Crippen molar-refractivity contribution in [3.63, 3.8) is 0 Å². The smallest absolute Gasteiger partial charge is 0.329 e. The first kappa shape index (κ1) is 25.4. The van der Waals surface area contributed by atoms with E-state index in [1.807, 2.05) is 49.4 Å². The Morgan fingerprint density at radius 1 is 1.03 bits per heavy atom. The Hall–Kier alpha value is -2.89. The molecule has 2 rings (SSSR count). The third kappa shape index (κ3) is 7.98. The maximum absolute atomic E-state index is 13.2. The van der Waals surface area contributed by atoms with Crippen LogP contribution in [0.5, 0.6) is 0 Å². The van der Waals surface area contributed by atoms with Crippen LogP contribution in [0.25, 0.3) is 10.8 Å². The van der Waals surface area contributed by atoms with Crippen molar-refractivity contribution in [3.8, 4) is 0 Å². The average molecular weight is 442 g/mol. The maximum Gasteiger partial charge on any atom is 0.329 e. The number of unbranched alkanes of at least 4 members (excludes halogenated alkanes) is 1. The van der Waals surface area contributed by atoms with Crippen LogP contribution in [0.1, 0.15) is 59.4 Å². The van der Waals surface area contributed by atoms with E-state index in [9.17, 15) is 14.4 Å². The highest BCUT2D eigenvalue weighted by molar-refractivity contribution is 5.88. The van der Waals surface area contributed by atoms with Gasteiger partial charge in [-0.3, -0.25) is 9.59 Å². The molecule has 2 atom stereocenters. The summed E-state index contributed by atoms with van der Waals surface area (Å²) in [4.78, 5) is 37.4. The average Bonchev–Trinajstić information content (AvgIpc) is 2.72. The van der Waals surface area contributed by atoms with Gasteiger partial charge in [-0.05, 0) is 49.9 Å². The second kappa shape index (κ2) is 11.7. The molecule has 0 heterocycles. The van der Waals surface area contributed by atoms with Gasteiger partial charge in [0.15, 0.2) is 0 Å². The Balaban J connectivity index is 2.24. The predicted octanol–water partition coefficient (Wildman–Crippen LogP) is 4.58. The molecule has 0 saturated heterocycles. The molecule has 2 aromatic rings. The molecule has 32 heavy (non-hydrogen) atoms. The van der Waals surface area contributed by atoms with Gasteiger partial charge in [0.05, 0.1) is 5.92 Å². The molecule has 6 nitrogen and oxygen atoms in total. The topological polar surface area (TPSA) is 81.7 Å². The van der Waals surface area contributed by atoms with Gasteiger partial charge in [-0.2, -0.15) is 0 Å². The van der Waals surface area contributed by atoms with Gasteiger partial charge in [0.2, 0.25) is 5.91 Å². The van der Waals surface area contributed by atoms with Crippen LogP contribution in [0.4, 0.5) is 0 Å². The highest BCUT2D eigenvalue weighted by Gasteiger charge is 2.29. The standard InChI is InChI=1S/C26H35NO5/c1-6-7-15-23(25(30)32-26(3,4)5)27-24(29)21(17-31-18(2)28)16-20-13-10-12-19-11-8-9-14-22(19)20/h8-14,21,23H,6-7,15-17H2,1-5H3,(H,27,29)/t21-,23-/m0/s1. The number of amides is 1. The van der Waals surface area contributed by atoms with Crippen molar-refractivity contribution >= 4 is 28.6 Å². The number of hydrogen-bond acceptors (Lipinski definition) is 5. The molecule has 0 aromatic heterocycles. The van der Waals surface area contributed by atoms with Crippen molar-refractivity contribution in [1.29, 1.82) is 0 Å². The van der Waals surface area contributed by atoms with Crippen molar-refractivity contribution in [2.75, 3.05) is 6.61 Å². The first-order chi connectivity index (χ1) is 15.1. The first-order valence-electron chi connectivity index (χ1n) is 11.2. The van der Waals surface area contributed by atoms with E-state index < -0.39 is 29.5 Å². The van der Waals surface area contributed by atoms with Crippen LogP contribution < -0.4 is 5.32 Å². The summed E-state index contributed by atoms with van der Waals surface area (Å²) < 4.78 is 10.7. The Kier molecular flexibility index (Phi) is 9.24. The van der Waals surface area contributed by atoms with Crippen LogP contribution in [0.3, 0.4) is 0 Å². The van der Waals surface area contributed by atoms with Crippen LogP contribution in [0.15, 0.2) is 42.5 Å².